The molecule has 0 spiro atoms. The number of hydrogen-bond acceptors (Lipinski definition) is 4. The molecule has 0 atom stereocenters. The molecule has 5 rings (SSSR count). The van der Waals surface area contributed by atoms with Gasteiger partial charge in [0.1, 0.15) is 5.82 Å². The van der Waals surface area contributed by atoms with Gasteiger partial charge in [-0.2, -0.15) is 0 Å². The molecule has 0 N–H and O–H groups in total. The van der Waals surface area contributed by atoms with Gasteiger partial charge in [-0.15, -0.1) is 0 Å². The highest BCUT2D eigenvalue weighted by molar-refractivity contribution is 6.08. The van der Waals surface area contributed by atoms with Gasteiger partial charge in [-0.3, -0.25) is 4.98 Å². The average Bonchev–Trinajstić information content (AvgIpc) is 2.79. The van der Waals surface area contributed by atoms with E-state index in [1.807, 2.05) is 57.5 Å². The van der Waals surface area contributed by atoms with E-state index in [2.05, 4.69) is 32.0 Å². The van der Waals surface area contributed by atoms with Gasteiger partial charge in [-0.05, 0) is 65.9 Å². The first-order valence-corrected chi connectivity index (χ1v) is 10.1. The molecule has 31 heavy (non-hydrogen) atoms. The van der Waals surface area contributed by atoms with Crippen molar-refractivity contribution >= 4 is 27.5 Å². The molecule has 0 saturated carbocycles. The van der Waals surface area contributed by atoms with Gasteiger partial charge in [-0.25, -0.2) is 14.4 Å². The SMILES string of the molecule is Cc1ccc(F)c(-c2cc(-c3ccc(N(C)C)c4cnccc34)c3cccnc3n2)c1. The number of pyridine rings is 3. The lowest BCUT2D eigenvalue weighted by Crippen LogP contribution is -2.09. The lowest BCUT2D eigenvalue weighted by atomic mass is 9.94. The highest BCUT2D eigenvalue weighted by atomic mass is 19.1. The monoisotopic (exact) mass is 408 g/mol. The second kappa shape index (κ2) is 7.43. The second-order valence-electron chi connectivity index (χ2n) is 7.86. The fourth-order valence-corrected chi connectivity index (χ4v) is 4.05. The van der Waals surface area contributed by atoms with Gasteiger partial charge in [0, 0.05) is 54.7 Å². The Hall–Kier alpha value is -3.86. The van der Waals surface area contributed by atoms with Gasteiger partial charge in [-0.1, -0.05) is 17.7 Å². The Kier molecular flexibility index (Phi) is 4.59. The van der Waals surface area contributed by atoms with E-state index in [0.29, 0.717) is 16.9 Å². The lowest BCUT2D eigenvalue weighted by molar-refractivity contribution is 0.630. The van der Waals surface area contributed by atoms with Gasteiger partial charge in [0.2, 0.25) is 0 Å². The molecule has 5 heteroatoms. The van der Waals surface area contributed by atoms with E-state index < -0.39 is 0 Å². The van der Waals surface area contributed by atoms with Crippen molar-refractivity contribution in [3.8, 4) is 22.4 Å². The molecule has 0 amide bonds. The molecule has 0 aliphatic heterocycles. The number of hydrogen-bond donors (Lipinski definition) is 0. The first-order chi connectivity index (χ1) is 15.0. The highest BCUT2D eigenvalue weighted by Gasteiger charge is 2.16. The quantitative estimate of drug-likeness (QED) is 0.366. The molecule has 5 aromatic rings. The summed E-state index contributed by atoms with van der Waals surface area (Å²) in [5, 5.41) is 3.06. The van der Waals surface area contributed by atoms with Crippen LogP contribution in [0.4, 0.5) is 10.1 Å². The van der Waals surface area contributed by atoms with Crippen LogP contribution in [0.2, 0.25) is 0 Å². The van der Waals surface area contributed by atoms with Crippen LogP contribution in [0.15, 0.2) is 73.2 Å². The van der Waals surface area contributed by atoms with Crippen LogP contribution < -0.4 is 4.90 Å². The van der Waals surface area contributed by atoms with Gasteiger partial charge >= 0.3 is 0 Å². The van der Waals surface area contributed by atoms with Crippen molar-refractivity contribution in [3.63, 3.8) is 0 Å². The highest BCUT2D eigenvalue weighted by Crippen LogP contribution is 2.38. The molecule has 0 unspecified atom stereocenters. The van der Waals surface area contributed by atoms with E-state index >= 15 is 0 Å². The first kappa shape index (κ1) is 19.1. The number of fused-ring (bicyclic) bond motifs is 2. The number of halogens is 1. The summed E-state index contributed by atoms with van der Waals surface area (Å²) in [6, 6.07) is 17.2. The summed E-state index contributed by atoms with van der Waals surface area (Å²) in [6.45, 7) is 1.95. The Morgan fingerprint density at radius 1 is 0.806 bits per heavy atom. The van der Waals surface area contributed by atoms with Crippen LogP contribution in [0.25, 0.3) is 44.2 Å². The topological polar surface area (TPSA) is 41.9 Å². The summed E-state index contributed by atoms with van der Waals surface area (Å²) in [4.78, 5) is 15.6. The van der Waals surface area contributed by atoms with Gasteiger partial charge in [0.25, 0.3) is 0 Å². The Bertz CT molecular complexity index is 1440. The zero-order valence-corrected chi connectivity index (χ0v) is 17.6. The molecule has 3 heterocycles. The van der Waals surface area contributed by atoms with Crippen molar-refractivity contribution in [1.82, 2.24) is 15.0 Å². The largest absolute Gasteiger partial charge is 0.377 e. The van der Waals surface area contributed by atoms with E-state index in [0.717, 1.165) is 38.5 Å². The van der Waals surface area contributed by atoms with E-state index in [1.54, 1.807) is 18.5 Å². The average molecular weight is 408 g/mol. The molecular weight excluding hydrogens is 387 g/mol. The Labute approximate surface area is 180 Å². The van der Waals surface area contributed by atoms with Crippen molar-refractivity contribution in [2.24, 2.45) is 0 Å². The molecule has 0 aliphatic rings. The fraction of sp³-hybridized carbons (Fsp3) is 0.115. The minimum atomic E-state index is -0.295. The normalized spacial score (nSPS) is 11.2. The molecule has 2 aromatic carbocycles. The zero-order chi connectivity index (χ0) is 21.5. The summed E-state index contributed by atoms with van der Waals surface area (Å²) < 4.78 is 14.7. The number of aromatic nitrogens is 3. The molecule has 0 bridgehead atoms. The van der Waals surface area contributed by atoms with Crippen LogP contribution in [0, 0.1) is 12.7 Å². The molecular formula is C26H21FN4. The van der Waals surface area contributed by atoms with Crippen molar-refractivity contribution in [2.45, 2.75) is 6.92 Å². The van der Waals surface area contributed by atoms with Gasteiger partial charge in [0.15, 0.2) is 5.65 Å². The summed E-state index contributed by atoms with van der Waals surface area (Å²) in [5.74, 6) is -0.295. The molecule has 0 saturated heterocycles. The third-order valence-electron chi connectivity index (χ3n) is 5.55. The minimum absolute atomic E-state index is 0.295. The standard InChI is InChI=1S/C26H21FN4/c1-16-6-8-23(27)21(13-16)24-14-20(19-5-4-11-29-26(19)30-24)17-7-9-25(31(2)3)22-15-28-12-10-18(17)22/h4-15H,1-3H3. The summed E-state index contributed by atoms with van der Waals surface area (Å²) in [7, 11) is 4.04. The van der Waals surface area contributed by atoms with Crippen LogP contribution in [0.3, 0.4) is 0 Å². The maximum atomic E-state index is 14.7. The van der Waals surface area contributed by atoms with Gasteiger partial charge < -0.3 is 4.90 Å². The summed E-state index contributed by atoms with van der Waals surface area (Å²) in [5.41, 5.74) is 5.72. The number of rotatable bonds is 3. The van der Waals surface area contributed by atoms with Crippen molar-refractivity contribution in [1.29, 1.82) is 0 Å². The Morgan fingerprint density at radius 2 is 1.68 bits per heavy atom. The number of nitrogens with zero attached hydrogens (tertiary/aromatic N) is 4. The van der Waals surface area contributed by atoms with E-state index in [1.165, 1.54) is 6.07 Å². The molecule has 0 radical (unpaired) electrons. The van der Waals surface area contributed by atoms with Crippen LogP contribution in [0.5, 0.6) is 0 Å². The van der Waals surface area contributed by atoms with E-state index in [4.69, 9.17) is 0 Å². The molecule has 4 nitrogen and oxygen atoms in total. The third kappa shape index (κ3) is 3.28. The first-order valence-electron chi connectivity index (χ1n) is 10.1. The van der Waals surface area contributed by atoms with E-state index in [-0.39, 0.29) is 5.82 Å². The maximum absolute atomic E-state index is 14.7. The number of anilines is 1. The zero-order valence-electron chi connectivity index (χ0n) is 17.6. The lowest BCUT2D eigenvalue weighted by Gasteiger charge is -2.18. The Balaban J connectivity index is 1.86. The summed E-state index contributed by atoms with van der Waals surface area (Å²) in [6.07, 6.45) is 5.40. The number of benzene rings is 2. The summed E-state index contributed by atoms with van der Waals surface area (Å²) >= 11 is 0. The third-order valence-corrected chi connectivity index (χ3v) is 5.55. The molecule has 0 fully saturated rings. The van der Waals surface area contributed by atoms with Crippen LogP contribution in [0.1, 0.15) is 5.56 Å². The van der Waals surface area contributed by atoms with Crippen molar-refractivity contribution in [3.05, 3.63) is 84.6 Å². The predicted molar refractivity (Wildman–Crippen MR) is 125 cm³/mol. The molecule has 0 aliphatic carbocycles. The van der Waals surface area contributed by atoms with E-state index in [9.17, 15) is 4.39 Å². The predicted octanol–water partition coefficient (Wildman–Crippen LogP) is 6.03. The van der Waals surface area contributed by atoms with Crippen molar-refractivity contribution in [2.75, 3.05) is 19.0 Å². The van der Waals surface area contributed by atoms with Gasteiger partial charge in [0.05, 0.1) is 5.69 Å². The Morgan fingerprint density at radius 3 is 2.52 bits per heavy atom. The van der Waals surface area contributed by atoms with Crippen LogP contribution >= 0.6 is 0 Å². The van der Waals surface area contributed by atoms with Crippen LogP contribution in [-0.4, -0.2) is 29.0 Å². The number of aryl methyl sites for hydroxylation is 1. The minimum Gasteiger partial charge on any atom is -0.377 e. The molecule has 3 aromatic heterocycles. The molecule has 152 valence electrons. The maximum Gasteiger partial charge on any atom is 0.160 e. The fourth-order valence-electron chi connectivity index (χ4n) is 4.05. The van der Waals surface area contributed by atoms with Crippen LogP contribution in [-0.2, 0) is 0 Å². The second-order valence-corrected chi connectivity index (χ2v) is 7.86. The smallest absolute Gasteiger partial charge is 0.160 e. The van der Waals surface area contributed by atoms with Crippen molar-refractivity contribution < 1.29 is 4.39 Å².